The number of aromatic nitrogens is 3. The van der Waals surface area contributed by atoms with E-state index in [0.29, 0.717) is 17.3 Å². The first-order valence-electron chi connectivity index (χ1n) is 9.97. The summed E-state index contributed by atoms with van der Waals surface area (Å²) < 4.78 is 1.65. The summed E-state index contributed by atoms with van der Waals surface area (Å²) in [4.78, 5) is 36.5. The number of carbonyl (C=O) groups is 1. The van der Waals surface area contributed by atoms with Crippen LogP contribution < -0.4 is 5.56 Å². The summed E-state index contributed by atoms with van der Waals surface area (Å²) >= 11 is 2.95. The first-order valence-corrected chi connectivity index (χ1v) is 11.8. The van der Waals surface area contributed by atoms with Gasteiger partial charge in [-0.1, -0.05) is 36.0 Å². The van der Waals surface area contributed by atoms with Crippen molar-refractivity contribution in [1.29, 1.82) is 0 Å². The number of carbonyl (C=O) groups excluding carboxylic acids is 1. The molecule has 0 unspecified atom stereocenters. The van der Waals surface area contributed by atoms with Gasteiger partial charge >= 0.3 is 0 Å². The zero-order valence-electron chi connectivity index (χ0n) is 16.7. The van der Waals surface area contributed by atoms with Crippen LogP contribution >= 0.6 is 23.1 Å². The number of benzene rings is 1. The van der Waals surface area contributed by atoms with Crippen molar-refractivity contribution in [3.05, 3.63) is 69.0 Å². The number of thioether (sulfide) groups is 1. The van der Waals surface area contributed by atoms with Gasteiger partial charge in [0.2, 0.25) is 0 Å². The molecule has 3 heterocycles. The van der Waals surface area contributed by atoms with E-state index in [-0.39, 0.29) is 17.1 Å². The van der Waals surface area contributed by atoms with Crippen LogP contribution in [0.15, 0.2) is 46.9 Å². The monoisotopic (exact) mass is 435 g/mol. The predicted molar refractivity (Wildman–Crippen MR) is 124 cm³/mol. The van der Waals surface area contributed by atoms with E-state index in [1.165, 1.54) is 22.2 Å². The van der Waals surface area contributed by atoms with E-state index in [1.54, 1.807) is 22.0 Å². The van der Waals surface area contributed by atoms with E-state index in [0.717, 1.165) is 46.1 Å². The summed E-state index contributed by atoms with van der Waals surface area (Å²) in [6.07, 6.45) is 4.79. The molecule has 0 aliphatic heterocycles. The summed E-state index contributed by atoms with van der Waals surface area (Å²) in [5, 5.41) is 2.28. The molecule has 1 aliphatic carbocycles. The number of nitrogens with one attached hydrogen (secondary N) is 1. The molecule has 30 heavy (non-hydrogen) atoms. The molecule has 7 heteroatoms. The highest BCUT2D eigenvalue weighted by Gasteiger charge is 2.24. The molecule has 0 saturated heterocycles. The van der Waals surface area contributed by atoms with Crippen molar-refractivity contribution in [2.24, 2.45) is 0 Å². The Hall–Kier alpha value is -2.64. The Labute approximate surface area is 181 Å². The molecule has 0 saturated carbocycles. The zero-order chi connectivity index (χ0) is 20.8. The van der Waals surface area contributed by atoms with Crippen molar-refractivity contribution in [2.75, 3.05) is 5.75 Å². The standard InChI is InChI=1S/C23H21N3O2S2/c1-3-11-26-22(28)20-15-8-6-10-18(15)30-21(20)25-23(26)29-12-17(27)19-13(2)24-16-9-5-4-7-14(16)19/h3-5,7,9,24H,1,6,8,10-12H2,2H3. The lowest BCUT2D eigenvalue weighted by Gasteiger charge is -2.10. The van der Waals surface area contributed by atoms with Crippen LogP contribution in [0.5, 0.6) is 0 Å². The number of aryl methyl sites for hydroxylation is 3. The second-order valence-electron chi connectivity index (χ2n) is 7.52. The van der Waals surface area contributed by atoms with Crippen molar-refractivity contribution in [3.63, 3.8) is 0 Å². The highest BCUT2D eigenvalue weighted by Crippen LogP contribution is 2.35. The number of allylic oxidation sites excluding steroid dienone is 1. The van der Waals surface area contributed by atoms with E-state index in [1.807, 2.05) is 31.2 Å². The van der Waals surface area contributed by atoms with Gasteiger partial charge in [-0.2, -0.15) is 0 Å². The second-order valence-corrected chi connectivity index (χ2v) is 9.54. The van der Waals surface area contributed by atoms with E-state index < -0.39 is 0 Å². The van der Waals surface area contributed by atoms with Gasteiger partial charge in [0.25, 0.3) is 5.56 Å². The number of hydrogen-bond donors (Lipinski definition) is 1. The van der Waals surface area contributed by atoms with Gasteiger partial charge in [0.15, 0.2) is 10.9 Å². The minimum atomic E-state index is -0.0162. The summed E-state index contributed by atoms with van der Waals surface area (Å²) in [5.74, 6) is 0.256. The van der Waals surface area contributed by atoms with Gasteiger partial charge in [0.1, 0.15) is 4.83 Å². The molecular weight excluding hydrogens is 414 g/mol. The highest BCUT2D eigenvalue weighted by atomic mass is 32.2. The Bertz CT molecular complexity index is 1380. The van der Waals surface area contributed by atoms with Crippen LogP contribution in [-0.4, -0.2) is 26.1 Å². The van der Waals surface area contributed by atoms with Crippen LogP contribution in [0, 0.1) is 6.92 Å². The average molecular weight is 436 g/mol. The normalized spacial score (nSPS) is 13.2. The fourth-order valence-corrected chi connectivity index (χ4v) is 6.48. The largest absolute Gasteiger partial charge is 0.358 e. The number of hydrogen-bond acceptors (Lipinski definition) is 5. The van der Waals surface area contributed by atoms with Crippen molar-refractivity contribution < 1.29 is 4.79 Å². The molecule has 0 fully saturated rings. The van der Waals surface area contributed by atoms with Crippen LogP contribution in [0.2, 0.25) is 0 Å². The van der Waals surface area contributed by atoms with Gasteiger partial charge in [-0.15, -0.1) is 17.9 Å². The minimum Gasteiger partial charge on any atom is -0.358 e. The van der Waals surface area contributed by atoms with Crippen molar-refractivity contribution in [2.45, 2.75) is 37.9 Å². The number of thiophene rings is 1. The van der Waals surface area contributed by atoms with Crippen LogP contribution in [0.25, 0.3) is 21.1 Å². The molecule has 152 valence electrons. The SMILES string of the molecule is C=CCn1c(SCC(=O)c2c(C)[nH]c3ccccc23)nc2sc3c(c2c1=O)CCC3. The van der Waals surface area contributed by atoms with Crippen LogP contribution in [0.3, 0.4) is 0 Å². The maximum Gasteiger partial charge on any atom is 0.263 e. The van der Waals surface area contributed by atoms with Gasteiger partial charge in [0, 0.05) is 33.6 Å². The molecule has 3 aromatic heterocycles. The third-order valence-electron chi connectivity index (χ3n) is 5.61. The van der Waals surface area contributed by atoms with Gasteiger partial charge in [0.05, 0.1) is 11.1 Å². The number of ketones is 1. The lowest BCUT2D eigenvalue weighted by atomic mass is 10.1. The number of Topliss-reactive ketones (excluding diaryl/α,β-unsaturated/α-hetero) is 1. The van der Waals surface area contributed by atoms with E-state index >= 15 is 0 Å². The highest BCUT2D eigenvalue weighted by molar-refractivity contribution is 7.99. The average Bonchev–Trinajstić information content (AvgIpc) is 3.40. The van der Waals surface area contributed by atoms with E-state index in [2.05, 4.69) is 11.6 Å². The lowest BCUT2D eigenvalue weighted by Crippen LogP contribution is -2.23. The number of aromatic amines is 1. The third-order valence-corrected chi connectivity index (χ3v) is 7.77. The summed E-state index contributed by atoms with van der Waals surface area (Å²) in [5.41, 5.74) is 3.69. The molecule has 4 aromatic rings. The molecule has 1 aromatic carbocycles. The fourth-order valence-electron chi connectivity index (χ4n) is 4.30. The fraction of sp³-hybridized carbons (Fsp3) is 0.261. The molecule has 0 bridgehead atoms. The Morgan fingerprint density at radius 2 is 2.20 bits per heavy atom. The quantitative estimate of drug-likeness (QED) is 0.202. The van der Waals surface area contributed by atoms with Crippen LogP contribution in [0.4, 0.5) is 0 Å². The first kappa shape index (κ1) is 19.3. The Morgan fingerprint density at radius 3 is 3.03 bits per heavy atom. The number of H-pyrrole nitrogens is 1. The summed E-state index contributed by atoms with van der Waals surface area (Å²) in [6.45, 7) is 6.10. The van der Waals surface area contributed by atoms with Crippen molar-refractivity contribution >= 4 is 50.0 Å². The smallest absolute Gasteiger partial charge is 0.263 e. The molecule has 1 aliphatic rings. The topological polar surface area (TPSA) is 67.8 Å². The lowest BCUT2D eigenvalue weighted by molar-refractivity contribution is 0.102. The molecule has 0 radical (unpaired) electrons. The molecular formula is C23H21N3O2S2. The van der Waals surface area contributed by atoms with Crippen LogP contribution in [0.1, 0.15) is 32.9 Å². The summed E-state index contributed by atoms with van der Waals surface area (Å²) in [6, 6.07) is 7.82. The predicted octanol–water partition coefficient (Wildman–Crippen LogP) is 4.90. The summed E-state index contributed by atoms with van der Waals surface area (Å²) in [7, 11) is 0. The van der Waals surface area contributed by atoms with Crippen LogP contribution in [-0.2, 0) is 19.4 Å². The van der Waals surface area contributed by atoms with Crippen molar-refractivity contribution in [1.82, 2.24) is 14.5 Å². The Balaban J connectivity index is 1.51. The Kier molecular flexibility index (Phi) is 4.87. The first-order chi connectivity index (χ1) is 14.6. The molecule has 0 atom stereocenters. The van der Waals surface area contributed by atoms with Crippen molar-refractivity contribution in [3.8, 4) is 0 Å². The Morgan fingerprint density at radius 1 is 1.37 bits per heavy atom. The van der Waals surface area contributed by atoms with Gasteiger partial charge in [-0.3, -0.25) is 14.2 Å². The third kappa shape index (κ3) is 3.04. The molecule has 5 nitrogen and oxygen atoms in total. The molecule has 0 spiro atoms. The second kappa shape index (κ2) is 7.56. The maximum atomic E-state index is 13.2. The number of nitrogens with zero attached hydrogens (tertiary/aromatic N) is 2. The van der Waals surface area contributed by atoms with E-state index in [4.69, 9.17) is 4.98 Å². The molecule has 5 rings (SSSR count). The van der Waals surface area contributed by atoms with Gasteiger partial charge in [-0.05, 0) is 37.8 Å². The number of para-hydroxylation sites is 1. The van der Waals surface area contributed by atoms with Gasteiger partial charge < -0.3 is 4.98 Å². The molecule has 1 N–H and O–H groups in total. The zero-order valence-corrected chi connectivity index (χ0v) is 18.3. The minimum absolute atomic E-state index is 0.0162. The maximum absolute atomic E-state index is 13.2. The number of fused-ring (bicyclic) bond motifs is 4. The van der Waals surface area contributed by atoms with Gasteiger partial charge in [-0.25, -0.2) is 4.98 Å². The molecule has 0 amide bonds. The van der Waals surface area contributed by atoms with E-state index in [9.17, 15) is 9.59 Å². The number of rotatable bonds is 6.